The van der Waals surface area contributed by atoms with Crippen molar-refractivity contribution in [2.24, 2.45) is 11.8 Å². The Morgan fingerprint density at radius 3 is 2.92 bits per heavy atom. The summed E-state index contributed by atoms with van der Waals surface area (Å²) in [6, 6.07) is 0. The Kier molecular flexibility index (Phi) is 1.98. The lowest BCUT2D eigenvalue weighted by atomic mass is 9.99. The lowest BCUT2D eigenvalue weighted by Gasteiger charge is -2.29. The molecule has 2 bridgehead atoms. The normalized spacial score (nSPS) is 32.1. The van der Waals surface area contributed by atoms with Gasteiger partial charge in [-0.15, -0.1) is 0 Å². The number of ketones is 1. The fraction of sp³-hybridized carbons (Fsp3) is 0.778. The molecule has 1 saturated carbocycles. The highest BCUT2D eigenvalue weighted by molar-refractivity contribution is 5.85. The summed E-state index contributed by atoms with van der Waals surface area (Å²) in [4.78, 5) is 24.2. The standard InChI is InChI=1S/C9H13NO3/c1-13-9(12)10-4-6-2-7(5-10)8(11)3-6/h6-7H,2-5H2,1H3. The van der Waals surface area contributed by atoms with Gasteiger partial charge in [0, 0.05) is 25.4 Å². The minimum Gasteiger partial charge on any atom is -0.453 e. The van der Waals surface area contributed by atoms with Crippen molar-refractivity contribution >= 4 is 11.9 Å². The van der Waals surface area contributed by atoms with E-state index in [0.29, 0.717) is 31.2 Å². The summed E-state index contributed by atoms with van der Waals surface area (Å²) in [5.74, 6) is 0.777. The quantitative estimate of drug-likeness (QED) is 0.554. The van der Waals surface area contributed by atoms with E-state index in [0.717, 1.165) is 6.42 Å². The summed E-state index contributed by atoms with van der Waals surface area (Å²) in [5, 5.41) is 0. The van der Waals surface area contributed by atoms with Crippen LogP contribution >= 0.6 is 0 Å². The minimum absolute atomic E-state index is 0.0813. The zero-order valence-corrected chi connectivity index (χ0v) is 7.66. The highest BCUT2D eigenvalue weighted by Gasteiger charge is 2.40. The monoisotopic (exact) mass is 183 g/mol. The van der Waals surface area contributed by atoms with Crippen LogP contribution in [0.15, 0.2) is 0 Å². The van der Waals surface area contributed by atoms with Crippen LogP contribution in [0.4, 0.5) is 4.79 Å². The average molecular weight is 183 g/mol. The van der Waals surface area contributed by atoms with Crippen molar-refractivity contribution in [2.75, 3.05) is 20.2 Å². The van der Waals surface area contributed by atoms with Crippen LogP contribution in [-0.4, -0.2) is 37.0 Å². The van der Waals surface area contributed by atoms with E-state index in [4.69, 9.17) is 0 Å². The number of hydrogen-bond donors (Lipinski definition) is 0. The Hall–Kier alpha value is -1.06. The Balaban J connectivity index is 2.05. The number of carbonyl (C=O) groups excluding carboxylic acids is 2. The maximum absolute atomic E-state index is 11.3. The molecule has 4 heteroatoms. The number of fused-ring (bicyclic) bond motifs is 2. The molecule has 4 nitrogen and oxygen atoms in total. The molecule has 2 fully saturated rings. The van der Waals surface area contributed by atoms with Crippen LogP contribution in [0.5, 0.6) is 0 Å². The third-order valence-electron chi connectivity index (χ3n) is 2.92. The third kappa shape index (κ3) is 1.41. The number of amides is 1. The summed E-state index contributed by atoms with van der Waals surface area (Å²) in [6.45, 7) is 1.25. The van der Waals surface area contributed by atoms with E-state index in [-0.39, 0.29) is 12.0 Å². The zero-order chi connectivity index (χ0) is 9.42. The molecule has 2 atom stereocenters. The molecule has 2 rings (SSSR count). The van der Waals surface area contributed by atoms with E-state index >= 15 is 0 Å². The van der Waals surface area contributed by atoms with Crippen molar-refractivity contribution in [3.63, 3.8) is 0 Å². The van der Waals surface area contributed by atoms with Gasteiger partial charge in [0.25, 0.3) is 0 Å². The smallest absolute Gasteiger partial charge is 0.409 e. The number of rotatable bonds is 0. The Bertz CT molecular complexity index is 251. The topological polar surface area (TPSA) is 46.6 Å². The van der Waals surface area contributed by atoms with Gasteiger partial charge < -0.3 is 9.64 Å². The maximum atomic E-state index is 11.3. The van der Waals surface area contributed by atoms with Crippen LogP contribution in [0.1, 0.15) is 12.8 Å². The van der Waals surface area contributed by atoms with Gasteiger partial charge in [-0.05, 0) is 12.3 Å². The summed E-state index contributed by atoms with van der Waals surface area (Å²) in [5.41, 5.74) is 0. The van der Waals surface area contributed by atoms with E-state index in [1.165, 1.54) is 7.11 Å². The molecular formula is C9H13NO3. The molecule has 0 radical (unpaired) electrons. The molecule has 0 spiro atoms. The number of hydrogen-bond acceptors (Lipinski definition) is 3. The van der Waals surface area contributed by atoms with Crippen molar-refractivity contribution in [3.8, 4) is 0 Å². The molecule has 72 valence electrons. The van der Waals surface area contributed by atoms with E-state index in [2.05, 4.69) is 4.74 Å². The van der Waals surface area contributed by atoms with Crippen LogP contribution in [0, 0.1) is 11.8 Å². The first-order valence-electron chi connectivity index (χ1n) is 4.56. The first-order chi connectivity index (χ1) is 6.20. The fourth-order valence-electron chi connectivity index (χ4n) is 2.31. The molecule has 1 aliphatic carbocycles. The number of likely N-dealkylation sites (tertiary alicyclic amines) is 1. The van der Waals surface area contributed by atoms with Crippen molar-refractivity contribution in [2.45, 2.75) is 12.8 Å². The van der Waals surface area contributed by atoms with Crippen LogP contribution in [-0.2, 0) is 9.53 Å². The molecular weight excluding hydrogens is 170 g/mol. The summed E-state index contributed by atoms with van der Waals surface area (Å²) in [7, 11) is 1.38. The molecule has 2 unspecified atom stereocenters. The molecule has 1 amide bonds. The lowest BCUT2D eigenvalue weighted by Crippen LogP contribution is -2.41. The maximum Gasteiger partial charge on any atom is 0.409 e. The van der Waals surface area contributed by atoms with Crippen molar-refractivity contribution in [1.29, 1.82) is 0 Å². The van der Waals surface area contributed by atoms with Crippen molar-refractivity contribution in [1.82, 2.24) is 4.90 Å². The number of carbonyl (C=O) groups is 2. The predicted octanol–water partition coefficient (Wildman–Crippen LogP) is 0.664. The second kappa shape index (κ2) is 3.01. The predicted molar refractivity (Wildman–Crippen MR) is 45.2 cm³/mol. The van der Waals surface area contributed by atoms with Crippen molar-refractivity contribution in [3.05, 3.63) is 0 Å². The molecule has 0 N–H and O–H groups in total. The molecule has 0 aromatic rings. The number of ether oxygens (including phenoxy) is 1. The highest BCUT2D eigenvalue weighted by atomic mass is 16.5. The van der Waals surface area contributed by atoms with Crippen LogP contribution in [0.2, 0.25) is 0 Å². The third-order valence-corrected chi connectivity index (χ3v) is 2.92. The van der Waals surface area contributed by atoms with Gasteiger partial charge in [-0.2, -0.15) is 0 Å². The van der Waals surface area contributed by atoms with Crippen molar-refractivity contribution < 1.29 is 14.3 Å². The first kappa shape index (κ1) is 8.53. The second-order valence-electron chi connectivity index (χ2n) is 3.84. The van der Waals surface area contributed by atoms with E-state index < -0.39 is 0 Å². The second-order valence-corrected chi connectivity index (χ2v) is 3.84. The summed E-state index contributed by atoms with van der Waals surface area (Å²) < 4.78 is 4.63. The molecule has 13 heavy (non-hydrogen) atoms. The zero-order valence-electron chi connectivity index (χ0n) is 7.66. The van der Waals surface area contributed by atoms with Gasteiger partial charge in [0.2, 0.25) is 0 Å². The SMILES string of the molecule is COC(=O)N1CC2CC(=O)C(C2)C1. The largest absolute Gasteiger partial charge is 0.453 e. The van der Waals surface area contributed by atoms with Gasteiger partial charge in [0.05, 0.1) is 7.11 Å². The molecule has 0 aromatic heterocycles. The fourth-order valence-corrected chi connectivity index (χ4v) is 2.31. The van der Waals surface area contributed by atoms with Gasteiger partial charge >= 0.3 is 6.09 Å². The average Bonchev–Trinajstić information content (AvgIpc) is 2.39. The van der Waals surface area contributed by atoms with Crippen LogP contribution < -0.4 is 0 Å². The number of Topliss-reactive ketones (excluding diaryl/α,β-unsaturated/α-hetero) is 1. The van der Waals surface area contributed by atoms with Gasteiger partial charge in [-0.3, -0.25) is 4.79 Å². The van der Waals surface area contributed by atoms with Crippen LogP contribution in [0.3, 0.4) is 0 Å². The lowest BCUT2D eigenvalue weighted by molar-refractivity contribution is -0.120. The number of methoxy groups -OCH3 is 1. The number of piperidine rings is 1. The summed E-state index contributed by atoms with van der Waals surface area (Å²) >= 11 is 0. The van der Waals surface area contributed by atoms with E-state index in [1.807, 2.05) is 0 Å². The van der Waals surface area contributed by atoms with E-state index in [1.54, 1.807) is 4.90 Å². The number of nitrogens with zero attached hydrogens (tertiary/aromatic N) is 1. The molecule has 1 aliphatic heterocycles. The Morgan fingerprint density at radius 2 is 2.31 bits per heavy atom. The highest BCUT2D eigenvalue weighted by Crippen LogP contribution is 2.33. The molecule has 1 heterocycles. The molecule has 0 aromatic carbocycles. The Labute approximate surface area is 76.8 Å². The summed E-state index contributed by atoms with van der Waals surface area (Å²) in [6.07, 6.45) is 1.31. The van der Waals surface area contributed by atoms with Gasteiger partial charge in [0.1, 0.15) is 5.78 Å². The molecule has 2 aliphatic rings. The van der Waals surface area contributed by atoms with Gasteiger partial charge in [-0.1, -0.05) is 0 Å². The minimum atomic E-state index is -0.301. The van der Waals surface area contributed by atoms with Gasteiger partial charge in [0.15, 0.2) is 0 Å². The van der Waals surface area contributed by atoms with Gasteiger partial charge in [-0.25, -0.2) is 4.79 Å². The Morgan fingerprint density at radius 1 is 1.54 bits per heavy atom. The molecule has 1 saturated heterocycles. The first-order valence-corrected chi connectivity index (χ1v) is 4.56. The van der Waals surface area contributed by atoms with E-state index in [9.17, 15) is 9.59 Å². The van der Waals surface area contributed by atoms with Crippen LogP contribution in [0.25, 0.3) is 0 Å².